The summed E-state index contributed by atoms with van der Waals surface area (Å²) in [4.78, 5) is 24.9. The predicted octanol–water partition coefficient (Wildman–Crippen LogP) is 2.82. The van der Waals surface area contributed by atoms with Crippen molar-refractivity contribution in [2.24, 2.45) is 0 Å². The molecule has 0 radical (unpaired) electrons. The summed E-state index contributed by atoms with van der Waals surface area (Å²) >= 11 is 0. The Morgan fingerprint density at radius 2 is 1.81 bits per heavy atom. The van der Waals surface area contributed by atoms with E-state index < -0.39 is 38.2 Å². The third-order valence-electron chi connectivity index (χ3n) is 5.25. The minimum absolute atomic E-state index is 0.0597. The molecule has 1 heterocycles. The lowest BCUT2D eigenvalue weighted by molar-refractivity contribution is -0.110. The first kappa shape index (κ1) is 21.2. The zero-order valence-electron chi connectivity index (χ0n) is 17.3. The quantitative estimate of drug-likeness (QED) is 0.705. The number of alkyl carbamates (subject to hydrolysis) is 1. The van der Waals surface area contributed by atoms with Crippen molar-refractivity contribution in [3.63, 3.8) is 0 Å². The molecule has 1 amide bonds. The zero-order valence-corrected chi connectivity index (χ0v) is 18.1. The van der Waals surface area contributed by atoms with Gasteiger partial charge < -0.3 is 24.3 Å². The van der Waals surface area contributed by atoms with Crippen LogP contribution in [0.1, 0.15) is 32.3 Å². The number of ether oxygens (including phenoxy) is 3. The van der Waals surface area contributed by atoms with Crippen LogP contribution in [0.5, 0.6) is 11.5 Å². The van der Waals surface area contributed by atoms with E-state index in [9.17, 15) is 18.0 Å². The molecule has 164 valence electrons. The minimum atomic E-state index is -3.96. The highest BCUT2D eigenvalue weighted by atomic mass is 32.2. The van der Waals surface area contributed by atoms with Crippen LogP contribution in [-0.2, 0) is 19.4 Å². The standard InChI is InChI=1S/C22H23NO7S/c1-21(2,3)30-20(25)23-22(12-24)18(14-9-10-16-17(11-14)29-13-28-16)19(22)31(26,27)15-7-5-4-6-8-15/h4-12,18-19H,13H2,1-3H3,(H,23,25). The predicted molar refractivity (Wildman–Crippen MR) is 111 cm³/mol. The Hall–Kier alpha value is -3.07. The van der Waals surface area contributed by atoms with Crippen LogP contribution in [0.15, 0.2) is 53.4 Å². The van der Waals surface area contributed by atoms with Crippen molar-refractivity contribution < 1.29 is 32.2 Å². The summed E-state index contributed by atoms with van der Waals surface area (Å²) in [6, 6.07) is 12.8. The molecule has 4 rings (SSSR count). The van der Waals surface area contributed by atoms with Gasteiger partial charge >= 0.3 is 6.09 Å². The smallest absolute Gasteiger partial charge is 0.408 e. The zero-order chi connectivity index (χ0) is 22.4. The van der Waals surface area contributed by atoms with E-state index in [1.807, 2.05) is 0 Å². The van der Waals surface area contributed by atoms with Crippen LogP contribution in [0, 0.1) is 0 Å². The molecule has 3 unspecified atom stereocenters. The van der Waals surface area contributed by atoms with Gasteiger partial charge in [0.15, 0.2) is 21.3 Å². The van der Waals surface area contributed by atoms with E-state index in [-0.39, 0.29) is 11.7 Å². The number of carbonyl (C=O) groups is 2. The molecule has 0 bridgehead atoms. The Kier molecular flexibility index (Phi) is 4.96. The van der Waals surface area contributed by atoms with E-state index in [0.29, 0.717) is 23.3 Å². The molecular formula is C22H23NO7S. The molecule has 2 aromatic rings. The van der Waals surface area contributed by atoms with Crippen molar-refractivity contribution in [1.82, 2.24) is 5.32 Å². The fraction of sp³-hybridized carbons (Fsp3) is 0.364. The van der Waals surface area contributed by atoms with Gasteiger partial charge in [0, 0.05) is 5.92 Å². The summed E-state index contributed by atoms with van der Waals surface area (Å²) in [6.45, 7) is 5.10. The molecule has 0 spiro atoms. The number of sulfone groups is 1. The highest BCUT2D eigenvalue weighted by Gasteiger charge is 2.73. The van der Waals surface area contributed by atoms with E-state index in [4.69, 9.17) is 14.2 Å². The van der Waals surface area contributed by atoms with Gasteiger partial charge in [-0.2, -0.15) is 0 Å². The maximum absolute atomic E-state index is 13.4. The van der Waals surface area contributed by atoms with Crippen LogP contribution in [0.25, 0.3) is 0 Å². The van der Waals surface area contributed by atoms with Crippen molar-refractivity contribution in [3.8, 4) is 11.5 Å². The molecule has 8 nitrogen and oxygen atoms in total. The molecule has 0 aromatic heterocycles. The number of amides is 1. The van der Waals surface area contributed by atoms with E-state index in [1.54, 1.807) is 57.2 Å². The molecule has 3 atom stereocenters. The first-order valence-corrected chi connectivity index (χ1v) is 11.3. The molecule has 1 aliphatic carbocycles. The number of nitrogens with one attached hydrogen (secondary N) is 1. The molecule has 2 aromatic carbocycles. The van der Waals surface area contributed by atoms with Gasteiger partial charge in [0.05, 0.1) is 4.90 Å². The number of benzene rings is 2. The van der Waals surface area contributed by atoms with Gasteiger partial charge in [0.2, 0.25) is 6.79 Å². The van der Waals surface area contributed by atoms with Crippen molar-refractivity contribution in [2.45, 2.75) is 48.0 Å². The molecule has 0 saturated heterocycles. The Balaban J connectivity index is 1.76. The molecule has 2 aliphatic rings. The summed E-state index contributed by atoms with van der Waals surface area (Å²) in [6.07, 6.45) is -0.381. The first-order chi connectivity index (χ1) is 14.6. The van der Waals surface area contributed by atoms with E-state index >= 15 is 0 Å². The minimum Gasteiger partial charge on any atom is -0.454 e. The van der Waals surface area contributed by atoms with Gasteiger partial charge in [-0.1, -0.05) is 24.3 Å². The summed E-state index contributed by atoms with van der Waals surface area (Å²) in [5.41, 5.74) is -1.95. The van der Waals surface area contributed by atoms with Crippen LogP contribution in [0.3, 0.4) is 0 Å². The summed E-state index contributed by atoms with van der Waals surface area (Å²) in [5.74, 6) is 0.165. The maximum Gasteiger partial charge on any atom is 0.408 e. The van der Waals surface area contributed by atoms with Gasteiger partial charge in [0.25, 0.3) is 0 Å². The lowest BCUT2D eigenvalue weighted by Crippen LogP contribution is -2.45. The van der Waals surface area contributed by atoms with E-state index in [0.717, 1.165) is 0 Å². The molecular weight excluding hydrogens is 422 g/mol. The average molecular weight is 445 g/mol. The number of fused-ring (bicyclic) bond motifs is 1. The molecule has 1 fully saturated rings. The van der Waals surface area contributed by atoms with Crippen LogP contribution >= 0.6 is 0 Å². The van der Waals surface area contributed by atoms with E-state index in [1.165, 1.54) is 12.1 Å². The molecule has 1 N–H and O–H groups in total. The van der Waals surface area contributed by atoms with Crippen LogP contribution in [0.4, 0.5) is 4.79 Å². The summed E-state index contributed by atoms with van der Waals surface area (Å²) in [5, 5.41) is 1.33. The molecule has 1 saturated carbocycles. The van der Waals surface area contributed by atoms with Crippen molar-refractivity contribution in [1.29, 1.82) is 0 Å². The SMILES string of the molecule is CC(C)(C)OC(=O)NC1(C=O)C(c2ccc3c(c2)OCO3)C1S(=O)(=O)c1ccccc1. The Bertz CT molecular complexity index is 1120. The van der Waals surface area contributed by atoms with Gasteiger partial charge in [0.1, 0.15) is 22.7 Å². The lowest BCUT2D eigenvalue weighted by Gasteiger charge is -2.22. The highest BCUT2D eigenvalue weighted by molar-refractivity contribution is 7.92. The first-order valence-electron chi connectivity index (χ1n) is 9.74. The molecule has 1 aliphatic heterocycles. The topological polar surface area (TPSA) is 108 Å². The van der Waals surface area contributed by atoms with Gasteiger partial charge in [-0.05, 0) is 50.6 Å². The van der Waals surface area contributed by atoms with Crippen LogP contribution < -0.4 is 14.8 Å². The summed E-state index contributed by atoms with van der Waals surface area (Å²) < 4.78 is 42.9. The number of aldehydes is 1. The Morgan fingerprint density at radius 3 is 2.45 bits per heavy atom. The Labute approximate surface area is 180 Å². The van der Waals surface area contributed by atoms with Crippen molar-refractivity contribution >= 4 is 22.2 Å². The van der Waals surface area contributed by atoms with Gasteiger partial charge in [-0.25, -0.2) is 13.2 Å². The van der Waals surface area contributed by atoms with Crippen LogP contribution in [0.2, 0.25) is 0 Å². The van der Waals surface area contributed by atoms with E-state index in [2.05, 4.69) is 5.32 Å². The third-order valence-corrected chi connectivity index (χ3v) is 7.51. The van der Waals surface area contributed by atoms with Gasteiger partial charge in [-0.15, -0.1) is 0 Å². The normalized spacial score (nSPS) is 24.4. The fourth-order valence-electron chi connectivity index (χ4n) is 3.92. The fourth-order valence-corrected chi connectivity index (χ4v) is 6.19. The maximum atomic E-state index is 13.4. The molecule has 9 heteroatoms. The van der Waals surface area contributed by atoms with Crippen LogP contribution in [-0.4, -0.2) is 44.0 Å². The highest BCUT2D eigenvalue weighted by Crippen LogP contribution is 2.57. The largest absolute Gasteiger partial charge is 0.454 e. The Morgan fingerprint density at radius 1 is 1.13 bits per heavy atom. The lowest BCUT2D eigenvalue weighted by atomic mass is 10.1. The monoisotopic (exact) mass is 445 g/mol. The van der Waals surface area contributed by atoms with Gasteiger partial charge in [-0.3, -0.25) is 0 Å². The second-order valence-electron chi connectivity index (χ2n) is 8.55. The molecule has 31 heavy (non-hydrogen) atoms. The number of rotatable bonds is 5. The number of hydrogen-bond donors (Lipinski definition) is 1. The second kappa shape index (κ2) is 7.26. The summed E-state index contributed by atoms with van der Waals surface area (Å²) in [7, 11) is -3.96. The third kappa shape index (κ3) is 3.74. The second-order valence-corrected chi connectivity index (χ2v) is 10.6. The van der Waals surface area contributed by atoms with Crippen molar-refractivity contribution in [3.05, 3.63) is 54.1 Å². The van der Waals surface area contributed by atoms with Crippen molar-refractivity contribution in [2.75, 3.05) is 6.79 Å². The number of carbonyl (C=O) groups excluding carboxylic acids is 2. The number of hydrogen-bond acceptors (Lipinski definition) is 7. The average Bonchev–Trinajstić information content (AvgIpc) is 3.13.